The van der Waals surface area contributed by atoms with Crippen LogP contribution in [0.4, 0.5) is 5.69 Å². The van der Waals surface area contributed by atoms with Crippen molar-refractivity contribution in [3.63, 3.8) is 0 Å². The molecule has 1 heterocycles. The minimum atomic E-state index is 0.211. The largest absolute Gasteiger partial charge is 0.497 e. The van der Waals surface area contributed by atoms with Gasteiger partial charge in [-0.2, -0.15) is 0 Å². The number of rotatable bonds is 3. The molecule has 3 atom stereocenters. The molecule has 0 saturated carbocycles. The Balaban J connectivity index is 1.81. The van der Waals surface area contributed by atoms with Gasteiger partial charge in [-0.25, -0.2) is 0 Å². The number of nitrogens with one attached hydrogen (secondary N) is 1. The zero-order valence-corrected chi connectivity index (χ0v) is 15.9. The van der Waals surface area contributed by atoms with Gasteiger partial charge in [0.1, 0.15) is 11.5 Å². The summed E-state index contributed by atoms with van der Waals surface area (Å²) in [6, 6.07) is 12.9. The van der Waals surface area contributed by atoms with Crippen LogP contribution in [-0.2, 0) is 0 Å². The Hall–Kier alpha value is -1.69. The van der Waals surface area contributed by atoms with Crippen LogP contribution in [0.2, 0.25) is 0 Å². The molecule has 0 unspecified atom stereocenters. The molecule has 4 rings (SSSR count). The summed E-state index contributed by atoms with van der Waals surface area (Å²) in [5, 5.41) is 3.76. The first kappa shape index (κ1) is 15.8. The summed E-state index contributed by atoms with van der Waals surface area (Å²) in [7, 11) is 3.44. The third kappa shape index (κ3) is 2.57. The van der Waals surface area contributed by atoms with Gasteiger partial charge >= 0.3 is 0 Å². The molecule has 124 valence electrons. The minimum absolute atomic E-state index is 0.211. The Morgan fingerprint density at radius 3 is 2.71 bits per heavy atom. The summed E-state index contributed by atoms with van der Waals surface area (Å²) in [5.41, 5.74) is 3.79. The molecule has 0 saturated heterocycles. The van der Waals surface area contributed by atoms with E-state index < -0.39 is 0 Å². The highest BCUT2D eigenvalue weighted by atomic mass is 127. The van der Waals surface area contributed by atoms with Crippen LogP contribution in [-0.4, -0.2) is 14.2 Å². The lowest BCUT2D eigenvalue weighted by atomic mass is 9.77. The summed E-state index contributed by atoms with van der Waals surface area (Å²) in [6.45, 7) is 0. The van der Waals surface area contributed by atoms with Crippen molar-refractivity contribution in [2.24, 2.45) is 5.92 Å². The average Bonchev–Trinajstić information content (AvgIpc) is 3.10. The lowest BCUT2D eigenvalue weighted by Gasteiger charge is -2.38. The van der Waals surface area contributed by atoms with Gasteiger partial charge in [-0.3, -0.25) is 0 Å². The lowest BCUT2D eigenvalue weighted by molar-refractivity contribution is 0.374. The molecular formula is C20H20INO2. The number of ether oxygens (including phenoxy) is 2. The van der Waals surface area contributed by atoms with Crippen LogP contribution < -0.4 is 14.8 Å². The predicted octanol–water partition coefficient (Wildman–Crippen LogP) is 5.13. The fourth-order valence-electron chi connectivity index (χ4n) is 3.96. The smallest absolute Gasteiger partial charge is 0.124 e. The number of hydrogen-bond donors (Lipinski definition) is 1. The summed E-state index contributed by atoms with van der Waals surface area (Å²) in [4.78, 5) is 0. The number of allylic oxidation sites excluding steroid dienone is 2. The van der Waals surface area contributed by atoms with Gasteiger partial charge in [0.25, 0.3) is 0 Å². The van der Waals surface area contributed by atoms with Crippen molar-refractivity contribution in [1.29, 1.82) is 0 Å². The van der Waals surface area contributed by atoms with E-state index in [4.69, 9.17) is 9.47 Å². The van der Waals surface area contributed by atoms with Crippen molar-refractivity contribution >= 4 is 28.3 Å². The quantitative estimate of drug-likeness (QED) is 0.538. The molecule has 2 aromatic carbocycles. The highest BCUT2D eigenvalue weighted by Gasteiger charge is 2.39. The Labute approximate surface area is 156 Å². The van der Waals surface area contributed by atoms with E-state index in [1.54, 1.807) is 14.2 Å². The van der Waals surface area contributed by atoms with Crippen LogP contribution in [0.5, 0.6) is 11.5 Å². The molecule has 1 aliphatic carbocycles. The number of fused-ring (bicyclic) bond motifs is 3. The van der Waals surface area contributed by atoms with E-state index in [-0.39, 0.29) is 6.04 Å². The minimum Gasteiger partial charge on any atom is -0.497 e. The number of halogens is 1. The van der Waals surface area contributed by atoms with Crippen LogP contribution in [0.15, 0.2) is 48.6 Å². The van der Waals surface area contributed by atoms with Gasteiger partial charge < -0.3 is 14.8 Å². The fraction of sp³-hybridized carbons (Fsp3) is 0.300. The summed E-state index contributed by atoms with van der Waals surface area (Å²) in [5.74, 6) is 2.73. The molecule has 3 nitrogen and oxygen atoms in total. The molecule has 1 aliphatic heterocycles. The zero-order chi connectivity index (χ0) is 16.7. The SMILES string of the molecule is COc1ccc(OC)c([C@@H]2Nc3ccc(I)cc3[C@@H]3C=CC[C@@H]32)c1. The molecule has 0 spiro atoms. The fourth-order valence-corrected chi connectivity index (χ4v) is 4.47. The lowest BCUT2D eigenvalue weighted by Crippen LogP contribution is -2.29. The summed E-state index contributed by atoms with van der Waals surface area (Å²) >= 11 is 2.39. The number of benzene rings is 2. The highest BCUT2D eigenvalue weighted by molar-refractivity contribution is 14.1. The van der Waals surface area contributed by atoms with E-state index in [9.17, 15) is 0 Å². The maximum atomic E-state index is 5.64. The predicted molar refractivity (Wildman–Crippen MR) is 105 cm³/mol. The topological polar surface area (TPSA) is 30.5 Å². The second-order valence-corrected chi connectivity index (χ2v) is 7.56. The normalized spacial score (nSPS) is 24.0. The third-order valence-corrected chi connectivity index (χ3v) is 5.77. The third-order valence-electron chi connectivity index (χ3n) is 5.10. The Morgan fingerprint density at radius 1 is 1.04 bits per heavy atom. The van der Waals surface area contributed by atoms with Gasteiger partial charge in [0.15, 0.2) is 0 Å². The Morgan fingerprint density at radius 2 is 1.92 bits per heavy atom. The van der Waals surface area contributed by atoms with Crippen LogP contribution >= 0.6 is 22.6 Å². The van der Waals surface area contributed by atoms with E-state index in [1.165, 1.54) is 20.4 Å². The summed E-state index contributed by atoms with van der Waals surface area (Å²) < 4.78 is 12.4. The van der Waals surface area contributed by atoms with Gasteiger partial charge in [-0.1, -0.05) is 12.2 Å². The monoisotopic (exact) mass is 433 g/mol. The first-order valence-corrected chi connectivity index (χ1v) is 9.23. The molecule has 0 radical (unpaired) electrons. The molecular weight excluding hydrogens is 413 g/mol. The van der Waals surface area contributed by atoms with Gasteiger partial charge in [-0.15, -0.1) is 0 Å². The zero-order valence-electron chi connectivity index (χ0n) is 13.8. The van der Waals surface area contributed by atoms with E-state index >= 15 is 0 Å². The molecule has 2 aromatic rings. The molecule has 1 N–H and O–H groups in total. The van der Waals surface area contributed by atoms with Crippen LogP contribution in [0.1, 0.15) is 29.5 Å². The molecule has 0 amide bonds. The van der Waals surface area contributed by atoms with Gasteiger partial charge in [0, 0.05) is 20.7 Å². The van der Waals surface area contributed by atoms with Crippen LogP contribution in [0.3, 0.4) is 0 Å². The van der Waals surface area contributed by atoms with Crippen LogP contribution in [0.25, 0.3) is 0 Å². The second-order valence-electron chi connectivity index (χ2n) is 6.31. The van der Waals surface area contributed by atoms with Gasteiger partial charge in [0.05, 0.1) is 20.3 Å². The highest BCUT2D eigenvalue weighted by Crippen LogP contribution is 2.51. The van der Waals surface area contributed by atoms with Crippen LogP contribution in [0, 0.1) is 9.49 Å². The van der Waals surface area contributed by atoms with E-state index in [0.717, 1.165) is 17.9 Å². The molecule has 24 heavy (non-hydrogen) atoms. The first-order valence-electron chi connectivity index (χ1n) is 8.16. The molecule has 0 aromatic heterocycles. The van der Waals surface area contributed by atoms with Crippen molar-refractivity contribution in [2.75, 3.05) is 19.5 Å². The average molecular weight is 433 g/mol. The standard InChI is InChI=1S/C20H20INO2/c1-23-13-7-9-19(24-2)17(11-13)20-15-5-3-4-14(15)16-10-12(21)6-8-18(16)22-20/h3-4,6-11,14-15,20,22H,5H2,1-2H3/t14-,15+,20-/m1/s1. The maximum absolute atomic E-state index is 5.64. The number of methoxy groups -OCH3 is 2. The Kier molecular flexibility index (Phi) is 4.16. The van der Waals surface area contributed by atoms with E-state index in [2.05, 4.69) is 64.3 Å². The van der Waals surface area contributed by atoms with E-state index in [0.29, 0.717) is 11.8 Å². The van der Waals surface area contributed by atoms with Crippen molar-refractivity contribution in [3.8, 4) is 11.5 Å². The number of anilines is 1. The molecule has 2 aliphatic rings. The first-order chi connectivity index (χ1) is 11.7. The van der Waals surface area contributed by atoms with Crippen molar-refractivity contribution in [1.82, 2.24) is 0 Å². The second kappa shape index (κ2) is 6.31. The van der Waals surface area contributed by atoms with Crippen molar-refractivity contribution < 1.29 is 9.47 Å². The van der Waals surface area contributed by atoms with Gasteiger partial charge in [0.2, 0.25) is 0 Å². The Bertz CT molecular complexity index is 802. The van der Waals surface area contributed by atoms with E-state index in [1.807, 2.05) is 12.1 Å². The van der Waals surface area contributed by atoms with Gasteiger partial charge in [-0.05, 0) is 76.9 Å². The molecule has 4 heteroatoms. The summed E-state index contributed by atoms with van der Waals surface area (Å²) in [6.07, 6.45) is 5.75. The molecule has 0 bridgehead atoms. The number of hydrogen-bond acceptors (Lipinski definition) is 3. The van der Waals surface area contributed by atoms with Crippen molar-refractivity contribution in [3.05, 3.63) is 63.2 Å². The maximum Gasteiger partial charge on any atom is 0.124 e. The van der Waals surface area contributed by atoms with Crippen molar-refractivity contribution in [2.45, 2.75) is 18.4 Å². The molecule has 0 fully saturated rings.